The topological polar surface area (TPSA) is 345 Å². The van der Waals surface area contributed by atoms with Crippen molar-refractivity contribution in [1.82, 2.24) is 20.3 Å². The number of carbonyl (C=O) groups is 6. The summed E-state index contributed by atoms with van der Waals surface area (Å²) < 4.78 is 145. The third kappa shape index (κ3) is 28.0. The summed E-state index contributed by atoms with van der Waals surface area (Å²) in [5.74, 6) is -19.1. The zero-order chi connectivity index (χ0) is 76.7. The first-order chi connectivity index (χ1) is 44.8. The number of hydroxylamine groups is 8. The van der Waals surface area contributed by atoms with E-state index in [1.54, 1.807) is 12.9 Å². The first-order valence-corrected chi connectivity index (χ1v) is 27.4. The van der Waals surface area contributed by atoms with Crippen molar-refractivity contribution in [2.45, 2.75) is 66.6 Å². The number of carbonyl (C=O) groups excluding carboxylic acids is 4. The minimum atomic E-state index is -1.58. The van der Waals surface area contributed by atoms with Gasteiger partial charge in [0.25, 0.3) is 29.6 Å². The second-order valence-electron chi connectivity index (χ2n) is 18.8. The summed E-state index contributed by atoms with van der Waals surface area (Å²) in [5, 5.41) is 70.7. The van der Waals surface area contributed by atoms with Gasteiger partial charge in [-0.1, -0.05) is 33.0 Å². The van der Waals surface area contributed by atoms with Crippen LogP contribution in [-0.4, -0.2) is 186 Å². The van der Waals surface area contributed by atoms with Crippen LogP contribution < -0.4 is 0 Å². The Hall–Kier alpha value is -8.82. The standard InChI is InChI=1S/C11H13F2NO3.C11H11F2NO3.C9H8BrF2NO3.C9H9F2NO3.C8H15BO2.C7H4F2O3.C2H4O2.CH4O.CH4.BHNS/c2*1-4-6-9(13)7(5-8(12)10(6)15)11(16)14(2)17-3;1-13(16-2)9(15)4-3-5(11)8(14)6(10)7(4)12;1-12(15-2)9(14)5-3-7(11)8(13)4-6(5)10;1-6-9-10-7(2,3)8(4,5)11-9;8-4-2-6(10)5(9)1-3(4)7(11)12;1-2(3)4;1-2;;1-2-3/h5,15H,4H2,1-3H3;4-5,15H,1H2,2-3H3;3,14H,1-2H3;3-4,13H,1-2H3;6H,1H2,2-5H3;1-2,10H,(H,11,12);1H3,(H,3,4);2H,1H3;1H4;3H. The molecular weight excluding hydrogens is 1420 g/mol. The van der Waals surface area contributed by atoms with Gasteiger partial charge in [-0.15, -0.1) is 6.58 Å². The number of amides is 4. The molecule has 0 unspecified atom stereocenters. The van der Waals surface area contributed by atoms with Gasteiger partial charge in [0.15, 0.2) is 63.7 Å². The van der Waals surface area contributed by atoms with Crippen LogP contribution in [0.4, 0.5) is 43.9 Å². The molecule has 0 atom stereocenters. The van der Waals surface area contributed by atoms with E-state index in [1.165, 1.54) is 56.6 Å². The van der Waals surface area contributed by atoms with Crippen molar-refractivity contribution >= 4 is 85.1 Å². The monoisotopic (exact) mass is 1490 g/mol. The Bertz CT molecular complexity index is 3560. The Morgan fingerprint density at radius 3 is 1.15 bits per heavy atom. The molecule has 4 amide bonds. The van der Waals surface area contributed by atoms with Gasteiger partial charge in [-0.3, -0.25) is 43.3 Å². The number of nitrogens with zero attached hydrogens (tertiary/aromatic N) is 5. The number of aliphatic hydroxyl groups is 1. The second-order valence-corrected chi connectivity index (χ2v) is 19.8. The molecule has 1 radical (unpaired) electrons. The Kier molecular flexibility index (Phi) is 43.8. The quantitative estimate of drug-likeness (QED) is 0.0184. The number of halogens is 11. The van der Waals surface area contributed by atoms with Crippen molar-refractivity contribution in [2.75, 3.05) is 63.7 Å². The Balaban J connectivity index is -0.000000529. The van der Waals surface area contributed by atoms with Crippen LogP contribution in [-0.2, 0) is 39.9 Å². The Morgan fingerprint density at radius 2 is 0.847 bits per heavy atom. The number of aliphatic carboxylic acids is 1. The summed E-state index contributed by atoms with van der Waals surface area (Å²) in [6, 6.07) is 3.85. The molecule has 1 aliphatic rings. The van der Waals surface area contributed by atoms with Crippen molar-refractivity contribution in [3.8, 4) is 28.7 Å². The van der Waals surface area contributed by atoms with Gasteiger partial charge >= 0.3 is 37.8 Å². The number of thiol groups is 1. The van der Waals surface area contributed by atoms with Crippen molar-refractivity contribution in [1.29, 1.82) is 0 Å². The van der Waals surface area contributed by atoms with Crippen LogP contribution in [0.1, 0.15) is 112 Å². The number of aromatic hydroxyl groups is 5. The minimum absolute atomic E-state index is 0. The average molecular weight is 1500 g/mol. The molecular formula is C59H73B2BrF10N5O20S. The molecule has 8 N–H and O–H groups in total. The van der Waals surface area contributed by atoms with E-state index >= 15 is 0 Å². The van der Waals surface area contributed by atoms with Crippen molar-refractivity contribution in [2.24, 2.45) is 4.30 Å². The van der Waals surface area contributed by atoms with Crippen LogP contribution in [0, 0.1) is 58.2 Å². The number of carboxylic acid groups (broad SMARTS) is 2. The Morgan fingerprint density at radius 1 is 0.561 bits per heavy atom. The van der Waals surface area contributed by atoms with Gasteiger partial charge in [-0.05, 0) is 80.4 Å². The Labute approximate surface area is 572 Å². The molecule has 1 saturated heterocycles. The normalized spacial score (nSPS) is 11.5. The molecule has 5 aromatic carbocycles. The first kappa shape index (κ1) is 95.6. The van der Waals surface area contributed by atoms with Crippen molar-refractivity contribution in [3.05, 3.63) is 163 Å². The molecule has 0 spiro atoms. The summed E-state index contributed by atoms with van der Waals surface area (Å²) >= 11 is 5.83. The third-order valence-corrected chi connectivity index (χ3v) is 12.9. The van der Waals surface area contributed by atoms with Gasteiger partial charge in [0.2, 0.25) is 0 Å². The molecule has 98 heavy (non-hydrogen) atoms. The van der Waals surface area contributed by atoms with E-state index in [4.69, 9.17) is 44.7 Å². The molecule has 1 fully saturated rings. The summed E-state index contributed by atoms with van der Waals surface area (Å²) in [5.41, 5.74) is -4.00. The summed E-state index contributed by atoms with van der Waals surface area (Å²) in [4.78, 5) is 83.6. The van der Waals surface area contributed by atoms with Gasteiger partial charge in [0, 0.05) is 59.9 Å². The number of benzene rings is 5. The fraction of sp³-hybridized carbons (Fsp3) is 0.322. The van der Waals surface area contributed by atoms with Gasteiger partial charge in [0.1, 0.15) is 23.3 Å². The van der Waals surface area contributed by atoms with E-state index in [2.05, 4.69) is 73.2 Å². The molecule has 5 aromatic rings. The molecule has 6 rings (SSSR count). The fourth-order valence-corrected chi connectivity index (χ4v) is 6.66. The summed E-state index contributed by atoms with van der Waals surface area (Å²) in [6.45, 7) is 17.6. The zero-order valence-electron chi connectivity index (χ0n) is 54.3. The fourth-order valence-electron chi connectivity index (χ4n) is 6.26. The molecule has 0 bridgehead atoms. The van der Waals surface area contributed by atoms with Crippen LogP contribution in [0.5, 0.6) is 28.7 Å². The zero-order valence-corrected chi connectivity index (χ0v) is 56.8. The predicted molar refractivity (Wildman–Crippen MR) is 342 cm³/mol. The molecule has 25 nitrogen and oxygen atoms in total. The molecule has 39 heteroatoms. The van der Waals surface area contributed by atoms with E-state index in [0.29, 0.717) is 42.5 Å². The van der Waals surface area contributed by atoms with Gasteiger partial charge in [-0.25, -0.2) is 69.0 Å². The van der Waals surface area contributed by atoms with Crippen LogP contribution in [0.25, 0.3) is 6.08 Å². The van der Waals surface area contributed by atoms with Gasteiger partial charge < -0.3 is 50.2 Å². The van der Waals surface area contributed by atoms with Crippen molar-refractivity contribution in [3.63, 3.8) is 0 Å². The van der Waals surface area contributed by atoms with E-state index in [9.17, 15) is 78.1 Å². The molecule has 0 saturated carbocycles. The molecule has 1 aliphatic heterocycles. The molecule has 0 aromatic heterocycles. The number of aliphatic hydroxyl groups excluding tert-OH is 1. The number of carboxylic acids is 2. The number of rotatable bonds is 12. The number of phenols is 5. The van der Waals surface area contributed by atoms with Crippen LogP contribution >= 0.6 is 28.7 Å². The molecule has 0 aliphatic carbocycles. The summed E-state index contributed by atoms with van der Waals surface area (Å²) in [7, 11) is 15.0. The first-order valence-electron chi connectivity index (χ1n) is 26.2. The van der Waals surface area contributed by atoms with Crippen LogP contribution in [0.15, 0.2) is 70.4 Å². The van der Waals surface area contributed by atoms with Gasteiger partial charge in [-0.2, -0.15) is 0 Å². The molecule has 1 heterocycles. The van der Waals surface area contributed by atoms with Crippen LogP contribution in [0.2, 0.25) is 0 Å². The van der Waals surface area contributed by atoms with Gasteiger partial charge in [0.05, 0.1) is 77.5 Å². The maximum absolute atomic E-state index is 13.8. The number of hydrogen-bond donors (Lipinski definition) is 9. The van der Waals surface area contributed by atoms with Crippen LogP contribution in [0.3, 0.4) is 0 Å². The second kappa shape index (κ2) is 44.9. The summed E-state index contributed by atoms with van der Waals surface area (Å²) in [6.07, 6.45) is 1.00. The van der Waals surface area contributed by atoms with E-state index < -0.39 is 160 Å². The molecule has 543 valence electrons. The SMILES string of the molecule is C.C=CB1OC(C)(C)C(C)(C)O1.C=Cc1c(O)c(F)cc(C(=O)N(C)OC)c1F.CC(=O)O.CCc1c(O)c(F)cc(C(=O)N(C)OC)c1F.CO.CON(C)C(=O)c1cc(F)c(O)c(Br)c1F.CON(C)C(=O)c1cc(F)c(O)cc1F.O=C(O)c1cc(F)c(O)cc1F.[B]=NS. The van der Waals surface area contributed by atoms with E-state index in [0.717, 1.165) is 40.4 Å². The van der Waals surface area contributed by atoms with Crippen molar-refractivity contribution < 1.29 is 142 Å². The number of aromatic carboxylic acids is 1. The average Bonchev–Trinajstić information content (AvgIpc) is 1.51. The maximum atomic E-state index is 13.8. The number of phenolic OH excluding ortho intramolecular Hbond substituents is 5. The number of hydrogen-bond acceptors (Lipinski definition) is 20. The van der Waals surface area contributed by atoms with E-state index in [1.807, 2.05) is 27.7 Å². The predicted octanol–water partition coefficient (Wildman–Crippen LogP) is 10.9. The third-order valence-electron chi connectivity index (χ3n) is 12.1. The van der Waals surface area contributed by atoms with E-state index in [-0.39, 0.29) is 37.7 Å².